The highest BCUT2D eigenvalue weighted by Crippen LogP contribution is 1.93. The molecule has 0 aromatic carbocycles. The van der Waals surface area contributed by atoms with Crippen molar-refractivity contribution in [3.63, 3.8) is 0 Å². The summed E-state index contributed by atoms with van der Waals surface area (Å²) in [5.41, 5.74) is 1.30. The predicted octanol–water partition coefficient (Wildman–Crippen LogP) is 3.64. The van der Waals surface area contributed by atoms with Crippen LogP contribution < -0.4 is 0 Å². The molecule has 0 unspecified atom stereocenters. The van der Waals surface area contributed by atoms with Crippen molar-refractivity contribution in [2.45, 2.75) is 20.3 Å². The maximum atomic E-state index is 3.52. The molecule has 0 aliphatic heterocycles. The lowest BCUT2D eigenvalue weighted by atomic mass is 10.3. The Labute approximate surface area is 69.6 Å². The summed E-state index contributed by atoms with van der Waals surface area (Å²) in [6.45, 7) is 7.61. The summed E-state index contributed by atoms with van der Waals surface area (Å²) in [5, 5.41) is 0. The van der Waals surface area contributed by atoms with E-state index in [0.717, 1.165) is 6.42 Å². The minimum Gasteiger partial charge on any atom is -0.0991 e. The van der Waals surface area contributed by atoms with Crippen LogP contribution in [0.2, 0.25) is 0 Å². The summed E-state index contributed by atoms with van der Waals surface area (Å²) in [5.74, 6) is 0. The van der Waals surface area contributed by atoms with Crippen LogP contribution in [0.15, 0.2) is 48.6 Å². The molecule has 11 heavy (non-hydrogen) atoms. The molecular weight excluding hydrogens is 132 g/mol. The molecule has 0 nitrogen and oxygen atoms in total. The Morgan fingerprint density at radius 1 is 1.27 bits per heavy atom. The second-order valence-corrected chi connectivity index (χ2v) is 2.57. The smallest absolute Gasteiger partial charge is 0.0163 e. The van der Waals surface area contributed by atoms with Crippen molar-refractivity contribution in [1.29, 1.82) is 0 Å². The number of allylic oxidation sites excluding steroid dienone is 7. The van der Waals surface area contributed by atoms with Crippen molar-refractivity contribution < 1.29 is 0 Å². The van der Waals surface area contributed by atoms with Gasteiger partial charge in [-0.2, -0.15) is 0 Å². The molecule has 0 saturated heterocycles. The standard InChI is InChI=1S/C6H10.C5H6/c1-4-5-6(2)3;1-2-4-5-3-1/h4-5H,1H2,2-3H3;1-4H,5H2. The Bertz CT molecular complexity index is 166. The van der Waals surface area contributed by atoms with Crippen LogP contribution in [0.25, 0.3) is 0 Å². The average Bonchev–Trinajstić information content (AvgIpc) is 2.41. The van der Waals surface area contributed by atoms with Crippen LogP contribution in [0.5, 0.6) is 0 Å². The van der Waals surface area contributed by atoms with E-state index in [1.54, 1.807) is 6.08 Å². The Hall–Kier alpha value is -1.04. The molecule has 0 saturated carbocycles. The van der Waals surface area contributed by atoms with Gasteiger partial charge in [-0.3, -0.25) is 0 Å². The lowest BCUT2D eigenvalue weighted by Crippen LogP contribution is -1.54. The Balaban J connectivity index is 0.000000183. The third-order valence-electron chi connectivity index (χ3n) is 1.11. The molecule has 0 heterocycles. The quantitative estimate of drug-likeness (QED) is 0.498. The SMILES string of the molecule is C1=CCC=C1.C=CC=C(C)C. The van der Waals surface area contributed by atoms with E-state index in [-0.39, 0.29) is 0 Å². The van der Waals surface area contributed by atoms with Crippen LogP contribution >= 0.6 is 0 Å². The molecule has 0 spiro atoms. The van der Waals surface area contributed by atoms with E-state index in [0.29, 0.717) is 0 Å². The Kier molecular flexibility index (Phi) is 6.40. The minimum absolute atomic E-state index is 1.14. The van der Waals surface area contributed by atoms with Crippen molar-refractivity contribution in [1.82, 2.24) is 0 Å². The molecule has 0 aromatic rings. The van der Waals surface area contributed by atoms with E-state index >= 15 is 0 Å². The van der Waals surface area contributed by atoms with Gasteiger partial charge in [0.1, 0.15) is 0 Å². The highest BCUT2D eigenvalue weighted by Gasteiger charge is 1.72. The van der Waals surface area contributed by atoms with Crippen LogP contribution in [0.3, 0.4) is 0 Å². The predicted molar refractivity (Wildman–Crippen MR) is 52.5 cm³/mol. The molecule has 60 valence electrons. The molecule has 0 radical (unpaired) electrons. The molecule has 0 atom stereocenters. The van der Waals surface area contributed by atoms with Crippen molar-refractivity contribution in [3.8, 4) is 0 Å². The molecule has 0 bridgehead atoms. The molecule has 1 aliphatic carbocycles. The van der Waals surface area contributed by atoms with E-state index in [2.05, 4.69) is 30.9 Å². The summed E-state index contributed by atoms with van der Waals surface area (Å²) >= 11 is 0. The third kappa shape index (κ3) is 8.96. The molecule has 0 aromatic heterocycles. The fourth-order valence-corrected chi connectivity index (χ4v) is 0.629. The molecular formula is C11H16. The first kappa shape index (κ1) is 9.96. The van der Waals surface area contributed by atoms with Gasteiger partial charge in [0.05, 0.1) is 0 Å². The molecule has 0 fully saturated rings. The van der Waals surface area contributed by atoms with Crippen LogP contribution in [-0.4, -0.2) is 0 Å². The molecule has 0 N–H and O–H groups in total. The van der Waals surface area contributed by atoms with Gasteiger partial charge in [0.25, 0.3) is 0 Å². The normalized spacial score (nSPS) is 11.8. The minimum atomic E-state index is 1.14. The van der Waals surface area contributed by atoms with E-state index in [9.17, 15) is 0 Å². The van der Waals surface area contributed by atoms with E-state index in [1.165, 1.54) is 5.57 Å². The zero-order chi connectivity index (χ0) is 8.53. The largest absolute Gasteiger partial charge is 0.0991 e. The molecule has 1 rings (SSSR count). The van der Waals surface area contributed by atoms with Gasteiger partial charge in [0, 0.05) is 0 Å². The van der Waals surface area contributed by atoms with Gasteiger partial charge in [-0.15, -0.1) is 0 Å². The summed E-state index contributed by atoms with van der Waals surface area (Å²) in [4.78, 5) is 0. The Morgan fingerprint density at radius 3 is 1.91 bits per heavy atom. The molecule has 0 amide bonds. The van der Waals surface area contributed by atoms with Gasteiger partial charge in [-0.25, -0.2) is 0 Å². The fraction of sp³-hybridized carbons (Fsp3) is 0.273. The monoisotopic (exact) mass is 148 g/mol. The third-order valence-corrected chi connectivity index (χ3v) is 1.11. The van der Waals surface area contributed by atoms with Gasteiger partial charge in [0.15, 0.2) is 0 Å². The maximum Gasteiger partial charge on any atom is -0.0163 e. The lowest BCUT2D eigenvalue weighted by molar-refractivity contribution is 1.40. The molecule has 1 aliphatic rings. The van der Waals surface area contributed by atoms with Crippen molar-refractivity contribution in [3.05, 3.63) is 48.6 Å². The van der Waals surface area contributed by atoms with Crippen LogP contribution in [0.4, 0.5) is 0 Å². The van der Waals surface area contributed by atoms with Gasteiger partial charge >= 0.3 is 0 Å². The first-order chi connectivity index (χ1) is 5.27. The van der Waals surface area contributed by atoms with Gasteiger partial charge in [-0.05, 0) is 20.3 Å². The van der Waals surface area contributed by atoms with Crippen LogP contribution in [0, 0.1) is 0 Å². The summed E-state index contributed by atoms with van der Waals surface area (Å²) < 4.78 is 0. The number of hydrogen-bond donors (Lipinski definition) is 0. The van der Waals surface area contributed by atoms with E-state index in [1.807, 2.05) is 19.9 Å². The van der Waals surface area contributed by atoms with Crippen molar-refractivity contribution >= 4 is 0 Å². The van der Waals surface area contributed by atoms with Crippen LogP contribution in [0.1, 0.15) is 20.3 Å². The zero-order valence-electron chi connectivity index (χ0n) is 7.38. The fourth-order valence-electron chi connectivity index (χ4n) is 0.629. The maximum absolute atomic E-state index is 3.52. The highest BCUT2D eigenvalue weighted by atomic mass is 13.8. The van der Waals surface area contributed by atoms with E-state index in [4.69, 9.17) is 0 Å². The summed E-state index contributed by atoms with van der Waals surface area (Å²) in [6, 6.07) is 0. The second-order valence-electron chi connectivity index (χ2n) is 2.57. The Morgan fingerprint density at radius 2 is 1.82 bits per heavy atom. The van der Waals surface area contributed by atoms with Gasteiger partial charge in [0.2, 0.25) is 0 Å². The zero-order valence-corrected chi connectivity index (χ0v) is 7.38. The second kappa shape index (κ2) is 7.07. The lowest BCUT2D eigenvalue weighted by Gasteiger charge is -1.76. The first-order valence-corrected chi connectivity index (χ1v) is 3.85. The topological polar surface area (TPSA) is 0 Å². The highest BCUT2D eigenvalue weighted by molar-refractivity contribution is 5.12. The van der Waals surface area contributed by atoms with Crippen molar-refractivity contribution in [2.75, 3.05) is 0 Å². The van der Waals surface area contributed by atoms with E-state index < -0.39 is 0 Å². The average molecular weight is 148 g/mol. The number of rotatable bonds is 1. The van der Waals surface area contributed by atoms with Gasteiger partial charge in [-0.1, -0.05) is 48.6 Å². The summed E-state index contributed by atoms with van der Waals surface area (Å²) in [6.07, 6.45) is 13.3. The van der Waals surface area contributed by atoms with Gasteiger partial charge < -0.3 is 0 Å². The summed E-state index contributed by atoms with van der Waals surface area (Å²) in [7, 11) is 0. The first-order valence-electron chi connectivity index (χ1n) is 3.85. The number of hydrogen-bond acceptors (Lipinski definition) is 0. The molecule has 0 heteroatoms. The van der Waals surface area contributed by atoms with Crippen molar-refractivity contribution in [2.24, 2.45) is 0 Å². The van der Waals surface area contributed by atoms with Crippen LogP contribution in [-0.2, 0) is 0 Å².